The minimum absolute atomic E-state index is 0.115. The van der Waals surface area contributed by atoms with Crippen LogP contribution in [-0.2, 0) is 4.79 Å². The van der Waals surface area contributed by atoms with Crippen LogP contribution in [0.2, 0.25) is 0 Å². The van der Waals surface area contributed by atoms with E-state index in [-0.39, 0.29) is 11.7 Å². The zero-order chi connectivity index (χ0) is 19.9. The van der Waals surface area contributed by atoms with E-state index in [0.717, 1.165) is 10.0 Å². The summed E-state index contributed by atoms with van der Waals surface area (Å²) >= 11 is 2.78. The van der Waals surface area contributed by atoms with Crippen molar-refractivity contribution < 1.29 is 9.53 Å². The van der Waals surface area contributed by atoms with E-state index in [1.54, 1.807) is 0 Å². The van der Waals surface area contributed by atoms with Crippen LogP contribution >= 0.6 is 23.1 Å². The van der Waals surface area contributed by atoms with E-state index in [4.69, 9.17) is 4.74 Å². The van der Waals surface area contributed by atoms with Gasteiger partial charge in [0.2, 0.25) is 11.0 Å². The molecule has 2 aromatic carbocycles. The number of hydrogen-bond acceptors (Lipinski definition) is 7. The summed E-state index contributed by atoms with van der Waals surface area (Å²) in [6.07, 6.45) is 0. The monoisotopic (exact) mass is 414 g/mol. The minimum atomic E-state index is -0.115. The Kier molecular flexibility index (Phi) is 6.89. The molecule has 0 unspecified atom stereocenters. The molecule has 1 aromatic heterocycles. The predicted molar refractivity (Wildman–Crippen MR) is 116 cm³/mol. The third-order valence-electron chi connectivity index (χ3n) is 3.95. The maximum atomic E-state index is 12.3. The summed E-state index contributed by atoms with van der Waals surface area (Å²) in [5.74, 6) is 0.800. The number of ether oxygens (including phenoxy) is 1. The summed E-state index contributed by atoms with van der Waals surface area (Å²) in [5, 5.41) is 15.1. The Morgan fingerprint density at radius 2 is 1.96 bits per heavy atom. The van der Waals surface area contributed by atoms with Gasteiger partial charge in [-0.25, -0.2) is 0 Å². The number of para-hydroxylation sites is 2. The molecule has 0 radical (unpaired) electrons. The van der Waals surface area contributed by atoms with Gasteiger partial charge in [-0.1, -0.05) is 41.3 Å². The lowest BCUT2D eigenvalue weighted by Gasteiger charge is -2.10. The highest BCUT2D eigenvalue weighted by molar-refractivity contribution is 8.01. The Morgan fingerprint density at radius 1 is 1.14 bits per heavy atom. The molecule has 1 amide bonds. The maximum absolute atomic E-state index is 12.3. The normalized spacial score (nSPS) is 10.5. The van der Waals surface area contributed by atoms with Crippen molar-refractivity contribution in [1.29, 1.82) is 0 Å². The Labute approximate surface area is 172 Å². The Hall–Kier alpha value is -2.58. The average molecular weight is 415 g/mol. The lowest BCUT2D eigenvalue weighted by Crippen LogP contribution is -2.14. The van der Waals surface area contributed by atoms with Crippen molar-refractivity contribution in [3.05, 3.63) is 53.6 Å². The maximum Gasteiger partial charge on any atom is 0.234 e. The standard InChI is InChI=1S/C20H22N4O2S2/c1-4-26-17-8-6-5-7-16(17)22-18(25)12-27-20-24-23-19(28-20)21-15-10-9-13(2)14(3)11-15/h5-11H,4,12H2,1-3H3,(H,21,23)(H,22,25). The van der Waals surface area contributed by atoms with Crippen LogP contribution in [0.4, 0.5) is 16.5 Å². The van der Waals surface area contributed by atoms with Crippen LogP contribution in [0.3, 0.4) is 0 Å². The summed E-state index contributed by atoms with van der Waals surface area (Å²) < 4.78 is 6.26. The molecule has 2 N–H and O–H groups in total. The second-order valence-corrected chi connectivity index (χ2v) is 8.26. The lowest BCUT2D eigenvalue weighted by molar-refractivity contribution is -0.113. The molecule has 0 aliphatic rings. The van der Waals surface area contributed by atoms with E-state index in [9.17, 15) is 4.79 Å². The molecule has 3 rings (SSSR count). The zero-order valence-electron chi connectivity index (χ0n) is 16.0. The SMILES string of the molecule is CCOc1ccccc1NC(=O)CSc1nnc(Nc2ccc(C)c(C)c2)s1. The first-order valence-electron chi connectivity index (χ1n) is 8.87. The van der Waals surface area contributed by atoms with Crippen molar-refractivity contribution in [2.24, 2.45) is 0 Å². The molecule has 3 aromatic rings. The number of aryl methyl sites for hydroxylation is 2. The smallest absolute Gasteiger partial charge is 0.234 e. The number of hydrogen-bond donors (Lipinski definition) is 2. The molecule has 0 aliphatic heterocycles. The van der Waals surface area contributed by atoms with Gasteiger partial charge in [0.1, 0.15) is 5.75 Å². The molecule has 0 fully saturated rings. The van der Waals surface area contributed by atoms with Gasteiger partial charge >= 0.3 is 0 Å². The molecule has 1 heterocycles. The van der Waals surface area contributed by atoms with Gasteiger partial charge in [0, 0.05) is 5.69 Å². The summed E-state index contributed by atoms with van der Waals surface area (Å²) in [5.41, 5.74) is 4.11. The van der Waals surface area contributed by atoms with Gasteiger partial charge in [0.15, 0.2) is 4.34 Å². The fourth-order valence-corrected chi connectivity index (χ4v) is 4.00. The number of carbonyl (C=O) groups excluding carboxylic acids is 1. The Bertz CT molecular complexity index is 959. The second-order valence-electron chi connectivity index (χ2n) is 6.06. The molecule has 6 nitrogen and oxygen atoms in total. The molecular formula is C20H22N4O2S2. The number of aromatic nitrogens is 2. The fraction of sp³-hybridized carbons (Fsp3) is 0.250. The van der Waals surface area contributed by atoms with E-state index < -0.39 is 0 Å². The molecule has 146 valence electrons. The third kappa shape index (κ3) is 5.46. The number of nitrogens with zero attached hydrogens (tertiary/aromatic N) is 2. The van der Waals surface area contributed by atoms with Gasteiger partial charge < -0.3 is 15.4 Å². The van der Waals surface area contributed by atoms with E-state index >= 15 is 0 Å². The number of rotatable bonds is 8. The van der Waals surface area contributed by atoms with Crippen molar-refractivity contribution >= 4 is 45.5 Å². The van der Waals surface area contributed by atoms with Crippen LogP contribution in [-0.4, -0.2) is 28.5 Å². The van der Waals surface area contributed by atoms with Crippen molar-refractivity contribution in [3.8, 4) is 5.75 Å². The van der Waals surface area contributed by atoms with E-state index in [1.165, 1.54) is 34.2 Å². The number of amides is 1. The van der Waals surface area contributed by atoms with Gasteiger partial charge in [-0.15, -0.1) is 10.2 Å². The quantitative estimate of drug-likeness (QED) is 0.504. The van der Waals surface area contributed by atoms with Crippen molar-refractivity contribution in [3.63, 3.8) is 0 Å². The Morgan fingerprint density at radius 3 is 2.75 bits per heavy atom. The number of nitrogens with one attached hydrogen (secondary N) is 2. The molecule has 0 atom stereocenters. The number of thioether (sulfide) groups is 1. The molecule has 28 heavy (non-hydrogen) atoms. The highest BCUT2D eigenvalue weighted by Crippen LogP contribution is 2.29. The van der Waals surface area contributed by atoms with Crippen LogP contribution < -0.4 is 15.4 Å². The first kappa shape index (κ1) is 20.2. The van der Waals surface area contributed by atoms with Crippen molar-refractivity contribution in [2.75, 3.05) is 23.0 Å². The molecule has 0 aliphatic carbocycles. The molecular weight excluding hydrogens is 392 g/mol. The Balaban J connectivity index is 1.54. The molecule has 0 saturated heterocycles. The van der Waals surface area contributed by atoms with Gasteiger partial charge in [-0.05, 0) is 56.2 Å². The van der Waals surface area contributed by atoms with Crippen LogP contribution in [0.25, 0.3) is 0 Å². The topological polar surface area (TPSA) is 76.1 Å². The number of carbonyl (C=O) groups is 1. The number of anilines is 3. The molecule has 0 saturated carbocycles. The largest absolute Gasteiger partial charge is 0.492 e. The van der Waals surface area contributed by atoms with Crippen LogP contribution in [0.15, 0.2) is 46.8 Å². The van der Waals surface area contributed by atoms with Gasteiger partial charge in [-0.2, -0.15) is 0 Å². The van der Waals surface area contributed by atoms with Crippen LogP contribution in [0, 0.1) is 13.8 Å². The third-order valence-corrected chi connectivity index (χ3v) is 5.92. The van der Waals surface area contributed by atoms with E-state index in [1.807, 2.05) is 37.3 Å². The summed E-state index contributed by atoms with van der Waals surface area (Å²) in [7, 11) is 0. The molecule has 0 bridgehead atoms. The zero-order valence-corrected chi connectivity index (χ0v) is 17.6. The summed E-state index contributed by atoms with van der Waals surface area (Å²) in [6.45, 7) is 6.61. The average Bonchev–Trinajstić information content (AvgIpc) is 3.12. The molecule has 8 heteroatoms. The predicted octanol–water partition coefficient (Wildman–Crippen LogP) is 5.03. The highest BCUT2D eigenvalue weighted by atomic mass is 32.2. The van der Waals surface area contributed by atoms with Crippen LogP contribution in [0.1, 0.15) is 18.1 Å². The van der Waals surface area contributed by atoms with E-state index in [0.29, 0.717) is 23.2 Å². The number of benzene rings is 2. The van der Waals surface area contributed by atoms with Gasteiger partial charge in [-0.3, -0.25) is 4.79 Å². The summed E-state index contributed by atoms with van der Waals surface area (Å²) in [4.78, 5) is 12.3. The summed E-state index contributed by atoms with van der Waals surface area (Å²) in [6, 6.07) is 13.6. The van der Waals surface area contributed by atoms with Crippen LogP contribution in [0.5, 0.6) is 5.75 Å². The lowest BCUT2D eigenvalue weighted by atomic mass is 10.1. The van der Waals surface area contributed by atoms with E-state index in [2.05, 4.69) is 46.8 Å². The van der Waals surface area contributed by atoms with Crippen molar-refractivity contribution in [1.82, 2.24) is 10.2 Å². The molecule has 0 spiro atoms. The second kappa shape index (κ2) is 9.57. The fourth-order valence-electron chi connectivity index (χ4n) is 2.43. The van der Waals surface area contributed by atoms with Gasteiger partial charge in [0.25, 0.3) is 0 Å². The van der Waals surface area contributed by atoms with Crippen molar-refractivity contribution in [2.45, 2.75) is 25.1 Å². The first-order valence-corrected chi connectivity index (χ1v) is 10.7. The minimum Gasteiger partial charge on any atom is -0.492 e. The first-order chi connectivity index (χ1) is 13.5. The highest BCUT2D eigenvalue weighted by Gasteiger charge is 2.11. The van der Waals surface area contributed by atoms with Gasteiger partial charge in [0.05, 0.1) is 18.0 Å².